The van der Waals surface area contributed by atoms with Crippen LogP contribution in [0, 0.1) is 9.49 Å². The number of halogens is 2. The second-order valence-corrected chi connectivity index (χ2v) is 6.18. The third-order valence-corrected chi connectivity index (χ3v) is 4.50. The Labute approximate surface area is 129 Å². The second kappa shape index (κ2) is 6.09. The molecule has 0 bridgehead atoms. The second-order valence-electron chi connectivity index (χ2n) is 4.58. The van der Waals surface area contributed by atoms with Crippen molar-refractivity contribution in [2.75, 3.05) is 0 Å². The molecule has 2 atom stereocenters. The summed E-state index contributed by atoms with van der Waals surface area (Å²) in [5.41, 5.74) is 0.490. The highest BCUT2D eigenvalue weighted by Gasteiger charge is 2.34. The Hall–Kier alpha value is -0.820. The van der Waals surface area contributed by atoms with E-state index in [2.05, 4.69) is 27.9 Å². The van der Waals surface area contributed by atoms with E-state index in [1.165, 1.54) is 0 Å². The minimum absolute atomic E-state index is 0.259. The molecule has 102 valence electrons. The van der Waals surface area contributed by atoms with Gasteiger partial charge >= 0.3 is 5.97 Å². The molecule has 6 heteroatoms. The monoisotopic (exact) mass is 393 g/mol. The molecule has 0 radical (unpaired) electrons. The number of nitrogens with one attached hydrogen (secondary N) is 1. The van der Waals surface area contributed by atoms with E-state index in [0.717, 1.165) is 9.99 Å². The Balaban J connectivity index is 2.12. The molecule has 2 unspecified atom stereocenters. The van der Waals surface area contributed by atoms with Gasteiger partial charge in [-0.2, -0.15) is 0 Å². The standard InChI is InChI=1S/C13H13ClINO3/c14-7-4-5-10(15)9(6-7)12(17)16-11-3-1-2-8(11)13(18)19/h4-6,8,11H,1-3H2,(H,16,17)(H,18,19). The number of hydrogen-bond donors (Lipinski definition) is 2. The fraction of sp³-hybridized carbons (Fsp3) is 0.385. The van der Waals surface area contributed by atoms with Crippen LogP contribution in [-0.2, 0) is 4.79 Å². The van der Waals surface area contributed by atoms with Gasteiger partial charge in [0.25, 0.3) is 5.91 Å². The molecule has 0 spiro atoms. The molecule has 0 aliphatic heterocycles. The van der Waals surface area contributed by atoms with Crippen molar-refractivity contribution in [2.45, 2.75) is 25.3 Å². The Morgan fingerprint density at radius 3 is 2.79 bits per heavy atom. The van der Waals surface area contributed by atoms with Crippen molar-refractivity contribution in [3.8, 4) is 0 Å². The average molecular weight is 394 g/mol. The summed E-state index contributed by atoms with van der Waals surface area (Å²) >= 11 is 7.94. The number of carboxylic acid groups (broad SMARTS) is 1. The molecule has 1 saturated carbocycles. The van der Waals surface area contributed by atoms with Crippen LogP contribution in [0.25, 0.3) is 0 Å². The molecule has 2 rings (SSSR count). The van der Waals surface area contributed by atoms with Crippen LogP contribution in [0.3, 0.4) is 0 Å². The van der Waals surface area contributed by atoms with Crippen molar-refractivity contribution >= 4 is 46.1 Å². The van der Waals surface area contributed by atoms with Gasteiger partial charge in [-0.05, 0) is 53.6 Å². The lowest BCUT2D eigenvalue weighted by atomic mass is 10.0. The van der Waals surface area contributed by atoms with E-state index >= 15 is 0 Å². The highest BCUT2D eigenvalue weighted by Crippen LogP contribution is 2.26. The fourth-order valence-electron chi connectivity index (χ4n) is 2.35. The SMILES string of the molecule is O=C(NC1CCCC1C(=O)O)c1cc(Cl)ccc1I. The van der Waals surface area contributed by atoms with Gasteiger partial charge < -0.3 is 10.4 Å². The zero-order valence-electron chi connectivity index (χ0n) is 10.0. The number of aliphatic carboxylic acids is 1. The normalized spacial score (nSPS) is 22.2. The van der Waals surface area contributed by atoms with Crippen LogP contribution in [-0.4, -0.2) is 23.0 Å². The van der Waals surface area contributed by atoms with E-state index in [-0.39, 0.29) is 11.9 Å². The summed E-state index contributed by atoms with van der Waals surface area (Å²) in [6.07, 6.45) is 2.15. The predicted octanol–water partition coefficient (Wildman–Crippen LogP) is 2.93. The Bertz CT molecular complexity index is 521. The quantitative estimate of drug-likeness (QED) is 0.776. The minimum Gasteiger partial charge on any atom is -0.481 e. The molecule has 1 amide bonds. The van der Waals surface area contributed by atoms with Gasteiger partial charge in [0, 0.05) is 14.6 Å². The number of carbonyl (C=O) groups is 2. The largest absolute Gasteiger partial charge is 0.481 e. The molecular weight excluding hydrogens is 381 g/mol. The summed E-state index contributed by atoms with van der Waals surface area (Å²) < 4.78 is 0.796. The predicted molar refractivity (Wildman–Crippen MR) is 80.4 cm³/mol. The zero-order valence-corrected chi connectivity index (χ0v) is 12.9. The Morgan fingerprint density at radius 2 is 2.11 bits per heavy atom. The van der Waals surface area contributed by atoms with Crippen LogP contribution in [0.1, 0.15) is 29.6 Å². The lowest BCUT2D eigenvalue weighted by Crippen LogP contribution is -2.40. The van der Waals surface area contributed by atoms with E-state index in [4.69, 9.17) is 16.7 Å². The Kier molecular flexibility index (Phi) is 4.67. The van der Waals surface area contributed by atoms with Crippen molar-refractivity contribution in [3.05, 3.63) is 32.4 Å². The first-order valence-corrected chi connectivity index (χ1v) is 7.43. The van der Waals surface area contributed by atoms with Gasteiger partial charge in [-0.1, -0.05) is 18.0 Å². The molecule has 1 fully saturated rings. The number of hydrogen-bond acceptors (Lipinski definition) is 2. The first-order valence-electron chi connectivity index (χ1n) is 5.98. The van der Waals surface area contributed by atoms with Crippen LogP contribution in [0.5, 0.6) is 0 Å². The molecular formula is C13H13ClINO3. The van der Waals surface area contributed by atoms with Gasteiger partial charge in [-0.3, -0.25) is 9.59 Å². The molecule has 2 N–H and O–H groups in total. The number of amides is 1. The Morgan fingerprint density at radius 1 is 1.37 bits per heavy atom. The first-order chi connectivity index (χ1) is 8.99. The van der Waals surface area contributed by atoms with E-state index in [1.807, 2.05) is 0 Å². The number of benzene rings is 1. The summed E-state index contributed by atoms with van der Waals surface area (Å²) in [6.45, 7) is 0. The lowest BCUT2D eigenvalue weighted by Gasteiger charge is -2.18. The first kappa shape index (κ1) is 14.6. The molecule has 1 aliphatic carbocycles. The molecule has 1 aromatic rings. The van der Waals surface area contributed by atoms with Crippen LogP contribution < -0.4 is 5.32 Å². The maximum absolute atomic E-state index is 12.2. The van der Waals surface area contributed by atoms with E-state index in [1.54, 1.807) is 18.2 Å². The van der Waals surface area contributed by atoms with Gasteiger partial charge in [0.15, 0.2) is 0 Å². The maximum atomic E-state index is 12.2. The molecule has 1 aromatic carbocycles. The van der Waals surface area contributed by atoms with E-state index in [0.29, 0.717) is 23.4 Å². The third-order valence-electron chi connectivity index (χ3n) is 3.32. The summed E-state index contributed by atoms with van der Waals surface area (Å²) in [4.78, 5) is 23.3. The number of rotatable bonds is 3. The number of carbonyl (C=O) groups excluding carboxylic acids is 1. The van der Waals surface area contributed by atoms with Gasteiger partial charge in [-0.25, -0.2) is 0 Å². The van der Waals surface area contributed by atoms with Crippen LogP contribution in [0.2, 0.25) is 5.02 Å². The fourth-order valence-corrected chi connectivity index (χ4v) is 3.10. The zero-order chi connectivity index (χ0) is 14.0. The summed E-state index contributed by atoms with van der Waals surface area (Å²) in [5.74, 6) is -1.59. The van der Waals surface area contributed by atoms with Gasteiger partial charge in [0.05, 0.1) is 11.5 Å². The molecule has 4 nitrogen and oxygen atoms in total. The highest BCUT2D eigenvalue weighted by atomic mass is 127. The van der Waals surface area contributed by atoms with Crippen molar-refractivity contribution in [3.63, 3.8) is 0 Å². The van der Waals surface area contributed by atoms with Crippen molar-refractivity contribution < 1.29 is 14.7 Å². The average Bonchev–Trinajstić information content (AvgIpc) is 2.80. The maximum Gasteiger partial charge on any atom is 0.308 e. The highest BCUT2D eigenvalue weighted by molar-refractivity contribution is 14.1. The van der Waals surface area contributed by atoms with Crippen molar-refractivity contribution in [1.82, 2.24) is 5.32 Å². The molecule has 0 aromatic heterocycles. The van der Waals surface area contributed by atoms with Crippen LogP contribution in [0.4, 0.5) is 0 Å². The molecule has 0 heterocycles. The van der Waals surface area contributed by atoms with Gasteiger partial charge in [0.1, 0.15) is 0 Å². The smallest absolute Gasteiger partial charge is 0.308 e. The van der Waals surface area contributed by atoms with Crippen LogP contribution in [0.15, 0.2) is 18.2 Å². The van der Waals surface area contributed by atoms with E-state index in [9.17, 15) is 9.59 Å². The number of carboxylic acids is 1. The van der Waals surface area contributed by atoms with Crippen molar-refractivity contribution in [1.29, 1.82) is 0 Å². The molecule has 19 heavy (non-hydrogen) atoms. The minimum atomic E-state index is -0.844. The topological polar surface area (TPSA) is 66.4 Å². The van der Waals surface area contributed by atoms with E-state index < -0.39 is 11.9 Å². The summed E-state index contributed by atoms with van der Waals surface area (Å²) in [7, 11) is 0. The molecule has 1 aliphatic rings. The van der Waals surface area contributed by atoms with Gasteiger partial charge in [0.2, 0.25) is 0 Å². The molecule has 0 saturated heterocycles. The lowest BCUT2D eigenvalue weighted by molar-refractivity contribution is -0.142. The third kappa shape index (κ3) is 3.39. The van der Waals surface area contributed by atoms with Gasteiger partial charge in [-0.15, -0.1) is 0 Å². The summed E-state index contributed by atoms with van der Waals surface area (Å²) in [6, 6.07) is 4.79. The van der Waals surface area contributed by atoms with Crippen LogP contribution >= 0.6 is 34.2 Å². The summed E-state index contributed by atoms with van der Waals surface area (Å²) in [5, 5.41) is 12.4. The van der Waals surface area contributed by atoms with Crippen molar-refractivity contribution in [2.24, 2.45) is 5.92 Å².